The van der Waals surface area contributed by atoms with Crippen LogP contribution >= 0.6 is 11.3 Å². The Balaban J connectivity index is 1.74. The lowest BCUT2D eigenvalue weighted by atomic mass is 10.0. The highest BCUT2D eigenvalue weighted by Gasteiger charge is 2.12. The molecule has 0 unspecified atom stereocenters. The van der Waals surface area contributed by atoms with Crippen LogP contribution < -0.4 is 22.5 Å². The maximum absolute atomic E-state index is 12.5. The minimum atomic E-state index is -0.746. The van der Waals surface area contributed by atoms with E-state index in [9.17, 15) is 9.59 Å². The van der Waals surface area contributed by atoms with E-state index in [2.05, 4.69) is 5.32 Å². The van der Waals surface area contributed by atoms with Crippen molar-refractivity contribution in [2.24, 2.45) is 11.5 Å². The number of carbonyl (C=O) groups is 2. The number of nitrogen functional groups attached to an aromatic ring is 1. The lowest BCUT2D eigenvalue weighted by molar-refractivity contribution is -0.119. The van der Waals surface area contributed by atoms with Crippen LogP contribution in [0.15, 0.2) is 60.0 Å². The van der Waals surface area contributed by atoms with Gasteiger partial charge in [-0.15, -0.1) is 11.3 Å². The van der Waals surface area contributed by atoms with Gasteiger partial charge in [-0.3, -0.25) is 9.59 Å². The molecule has 0 aliphatic carbocycles. The van der Waals surface area contributed by atoms with Gasteiger partial charge in [0.15, 0.2) is 0 Å². The molecule has 1 heterocycles. The van der Waals surface area contributed by atoms with Gasteiger partial charge in [-0.1, -0.05) is 24.3 Å². The summed E-state index contributed by atoms with van der Waals surface area (Å²) in [6, 6.07) is 15.7. The second kappa shape index (κ2) is 8.03. The predicted octanol–water partition coefficient (Wildman–Crippen LogP) is 2.60. The molecule has 0 saturated carbocycles. The number of hydrogen-bond donors (Lipinski definition) is 4. The number of amides is 2. The van der Waals surface area contributed by atoms with Crippen LogP contribution in [0.25, 0.3) is 10.4 Å². The average molecular weight is 380 g/mol. The first kappa shape index (κ1) is 18.6. The van der Waals surface area contributed by atoms with Crippen LogP contribution in [-0.4, -0.2) is 17.9 Å². The Kier molecular flexibility index (Phi) is 5.54. The molecule has 7 heteroatoms. The molecular weight excluding hydrogens is 360 g/mol. The summed E-state index contributed by atoms with van der Waals surface area (Å²) in [4.78, 5) is 24.7. The average Bonchev–Trinajstić information content (AvgIpc) is 3.18. The SMILES string of the molecule is NC(=O)[C@H](N)Cc1ccc(C(=O)Nc2cc(-c3cccs3)ccc2N)cc1. The molecule has 0 aliphatic rings. The Labute approximate surface area is 161 Å². The van der Waals surface area contributed by atoms with Crippen LogP contribution in [0, 0.1) is 0 Å². The van der Waals surface area contributed by atoms with Gasteiger partial charge in [0.1, 0.15) is 0 Å². The van der Waals surface area contributed by atoms with Crippen molar-refractivity contribution in [3.05, 3.63) is 71.1 Å². The lowest BCUT2D eigenvalue weighted by Gasteiger charge is -2.11. The van der Waals surface area contributed by atoms with Crippen LogP contribution in [-0.2, 0) is 11.2 Å². The highest BCUT2D eigenvalue weighted by molar-refractivity contribution is 7.13. The molecule has 3 aromatic rings. The molecule has 0 aliphatic heterocycles. The fourth-order valence-electron chi connectivity index (χ4n) is 2.60. The third-order valence-electron chi connectivity index (χ3n) is 4.14. The second-order valence-electron chi connectivity index (χ2n) is 6.14. The molecule has 0 bridgehead atoms. The van der Waals surface area contributed by atoms with Crippen molar-refractivity contribution >= 4 is 34.5 Å². The number of anilines is 2. The van der Waals surface area contributed by atoms with Crippen molar-refractivity contribution in [2.45, 2.75) is 12.5 Å². The molecule has 1 atom stereocenters. The van der Waals surface area contributed by atoms with Crippen molar-refractivity contribution in [3.8, 4) is 10.4 Å². The molecule has 0 radical (unpaired) electrons. The van der Waals surface area contributed by atoms with Gasteiger partial charge in [0.25, 0.3) is 5.91 Å². The molecule has 0 saturated heterocycles. The smallest absolute Gasteiger partial charge is 0.255 e. The Hall–Kier alpha value is -3.16. The Morgan fingerprint density at radius 3 is 2.44 bits per heavy atom. The quantitative estimate of drug-likeness (QED) is 0.491. The van der Waals surface area contributed by atoms with Crippen LogP contribution in [0.1, 0.15) is 15.9 Å². The van der Waals surface area contributed by atoms with Crippen LogP contribution in [0.2, 0.25) is 0 Å². The molecular formula is C20H20N4O2S. The molecule has 0 fully saturated rings. The van der Waals surface area contributed by atoms with E-state index >= 15 is 0 Å². The largest absolute Gasteiger partial charge is 0.397 e. The van der Waals surface area contributed by atoms with E-state index in [4.69, 9.17) is 17.2 Å². The molecule has 3 rings (SSSR count). The van der Waals surface area contributed by atoms with E-state index in [1.165, 1.54) is 0 Å². The summed E-state index contributed by atoms with van der Waals surface area (Å²) in [5.74, 6) is -0.825. The Morgan fingerprint density at radius 2 is 1.81 bits per heavy atom. The van der Waals surface area contributed by atoms with Gasteiger partial charge >= 0.3 is 0 Å². The van der Waals surface area contributed by atoms with E-state index in [1.807, 2.05) is 29.6 Å². The first-order valence-electron chi connectivity index (χ1n) is 8.32. The monoisotopic (exact) mass is 380 g/mol. The summed E-state index contributed by atoms with van der Waals surface area (Å²) in [5.41, 5.74) is 20.2. The summed E-state index contributed by atoms with van der Waals surface area (Å²) in [5, 5.41) is 4.84. The third-order valence-corrected chi connectivity index (χ3v) is 5.06. The number of thiophene rings is 1. The van der Waals surface area contributed by atoms with E-state index in [1.54, 1.807) is 41.7 Å². The van der Waals surface area contributed by atoms with Gasteiger partial charge in [0.2, 0.25) is 5.91 Å². The van der Waals surface area contributed by atoms with Gasteiger partial charge in [-0.2, -0.15) is 0 Å². The van der Waals surface area contributed by atoms with Crippen molar-refractivity contribution in [3.63, 3.8) is 0 Å². The minimum Gasteiger partial charge on any atom is -0.397 e. The van der Waals surface area contributed by atoms with Gasteiger partial charge in [0.05, 0.1) is 17.4 Å². The Morgan fingerprint density at radius 1 is 1.07 bits per heavy atom. The molecule has 7 N–H and O–H groups in total. The van der Waals surface area contributed by atoms with Crippen LogP contribution in [0.5, 0.6) is 0 Å². The normalized spacial score (nSPS) is 11.7. The molecule has 2 aromatic carbocycles. The maximum atomic E-state index is 12.5. The molecule has 0 spiro atoms. The standard InChI is InChI=1S/C20H20N4O2S/c21-15-8-7-14(18-2-1-9-27-18)11-17(15)24-20(26)13-5-3-12(4-6-13)10-16(22)19(23)25/h1-9,11,16H,10,21-22H2,(H2,23,25)(H,24,26)/t16-/m1/s1. The van der Waals surface area contributed by atoms with Gasteiger partial charge in [0, 0.05) is 10.4 Å². The van der Waals surface area contributed by atoms with E-state index in [-0.39, 0.29) is 5.91 Å². The number of nitrogens with two attached hydrogens (primary N) is 3. The number of carbonyl (C=O) groups excluding carboxylic acids is 2. The van der Waals surface area contributed by atoms with Gasteiger partial charge < -0.3 is 22.5 Å². The maximum Gasteiger partial charge on any atom is 0.255 e. The summed E-state index contributed by atoms with van der Waals surface area (Å²) in [6.45, 7) is 0. The Bertz CT molecular complexity index is 953. The zero-order valence-corrected chi connectivity index (χ0v) is 15.3. The van der Waals surface area contributed by atoms with Gasteiger partial charge in [-0.05, 0) is 53.3 Å². The van der Waals surface area contributed by atoms with E-state index < -0.39 is 11.9 Å². The molecule has 27 heavy (non-hydrogen) atoms. The summed E-state index contributed by atoms with van der Waals surface area (Å²) < 4.78 is 0. The lowest BCUT2D eigenvalue weighted by Crippen LogP contribution is -2.38. The molecule has 138 valence electrons. The summed E-state index contributed by atoms with van der Waals surface area (Å²) >= 11 is 1.62. The van der Waals surface area contributed by atoms with Crippen LogP contribution in [0.4, 0.5) is 11.4 Å². The molecule has 1 aromatic heterocycles. The predicted molar refractivity (Wildman–Crippen MR) is 109 cm³/mol. The van der Waals surface area contributed by atoms with Crippen molar-refractivity contribution in [1.82, 2.24) is 0 Å². The highest BCUT2D eigenvalue weighted by atomic mass is 32.1. The van der Waals surface area contributed by atoms with Crippen molar-refractivity contribution in [2.75, 3.05) is 11.1 Å². The van der Waals surface area contributed by atoms with Crippen LogP contribution in [0.3, 0.4) is 0 Å². The first-order valence-corrected chi connectivity index (χ1v) is 9.20. The number of primary amides is 1. The van der Waals surface area contributed by atoms with E-state index in [0.717, 1.165) is 16.0 Å². The number of hydrogen-bond acceptors (Lipinski definition) is 5. The second-order valence-corrected chi connectivity index (χ2v) is 7.09. The minimum absolute atomic E-state index is 0.268. The van der Waals surface area contributed by atoms with Crippen molar-refractivity contribution in [1.29, 1.82) is 0 Å². The highest BCUT2D eigenvalue weighted by Crippen LogP contribution is 2.30. The molecule has 6 nitrogen and oxygen atoms in total. The van der Waals surface area contributed by atoms with E-state index in [0.29, 0.717) is 23.4 Å². The zero-order valence-electron chi connectivity index (χ0n) is 14.5. The van der Waals surface area contributed by atoms with Gasteiger partial charge in [-0.25, -0.2) is 0 Å². The first-order chi connectivity index (χ1) is 12.9. The topological polar surface area (TPSA) is 124 Å². The van der Waals surface area contributed by atoms with Crippen molar-refractivity contribution < 1.29 is 9.59 Å². The summed E-state index contributed by atoms with van der Waals surface area (Å²) in [6.07, 6.45) is 0.326. The number of benzene rings is 2. The summed E-state index contributed by atoms with van der Waals surface area (Å²) in [7, 11) is 0. The number of nitrogens with one attached hydrogen (secondary N) is 1. The third kappa shape index (κ3) is 4.52. The number of rotatable bonds is 6. The fraction of sp³-hybridized carbons (Fsp3) is 0.100. The fourth-order valence-corrected chi connectivity index (χ4v) is 3.33. The zero-order chi connectivity index (χ0) is 19.4. The molecule has 2 amide bonds.